The van der Waals surface area contributed by atoms with Gasteiger partial charge in [-0.2, -0.15) is 0 Å². The summed E-state index contributed by atoms with van der Waals surface area (Å²) in [6.45, 7) is 1.54. The second-order valence-electron chi connectivity index (χ2n) is 2.58. The molecule has 0 unspecified atom stereocenters. The number of nitrogens with two attached hydrogens (primary N) is 1. The highest BCUT2D eigenvalue weighted by atomic mass is 35.5. The molecule has 0 bridgehead atoms. The van der Waals surface area contributed by atoms with E-state index in [-0.39, 0.29) is 0 Å². The van der Waals surface area contributed by atoms with Gasteiger partial charge in [-0.05, 0) is 17.7 Å². The summed E-state index contributed by atoms with van der Waals surface area (Å²) in [6.07, 6.45) is 0. The summed E-state index contributed by atoms with van der Waals surface area (Å²) >= 11 is 11.6. The van der Waals surface area contributed by atoms with Crippen molar-refractivity contribution in [1.82, 2.24) is 0 Å². The van der Waals surface area contributed by atoms with E-state index in [1.165, 1.54) is 0 Å². The monoisotopic (exact) mass is 219 g/mol. The standard InChI is InChI=1S/C9H11Cl2NO/c10-8-2-1-7(9(11)5-8)6-13-4-3-12/h1-2,5H,3-4,6,12H2. The van der Waals surface area contributed by atoms with Crippen molar-refractivity contribution in [1.29, 1.82) is 0 Å². The Morgan fingerprint density at radius 1 is 1.31 bits per heavy atom. The molecule has 2 nitrogen and oxygen atoms in total. The molecule has 0 amide bonds. The molecule has 2 N–H and O–H groups in total. The zero-order valence-electron chi connectivity index (χ0n) is 7.09. The van der Waals surface area contributed by atoms with Crippen molar-refractivity contribution in [2.75, 3.05) is 13.2 Å². The fraction of sp³-hybridized carbons (Fsp3) is 0.333. The number of hydrogen-bond donors (Lipinski definition) is 1. The molecule has 0 spiro atoms. The molecular weight excluding hydrogens is 209 g/mol. The van der Waals surface area contributed by atoms with Crippen LogP contribution in [-0.2, 0) is 11.3 Å². The van der Waals surface area contributed by atoms with Gasteiger partial charge in [-0.15, -0.1) is 0 Å². The summed E-state index contributed by atoms with van der Waals surface area (Å²) in [5, 5.41) is 1.26. The molecule has 0 saturated carbocycles. The molecule has 1 rings (SSSR count). The van der Waals surface area contributed by atoms with Crippen LogP contribution in [0.25, 0.3) is 0 Å². The van der Waals surface area contributed by atoms with Crippen LogP contribution in [0.15, 0.2) is 18.2 Å². The predicted octanol–water partition coefficient (Wildman–Crippen LogP) is 2.47. The lowest BCUT2D eigenvalue weighted by Crippen LogP contribution is -2.08. The Hall–Kier alpha value is -0.280. The van der Waals surface area contributed by atoms with Crippen molar-refractivity contribution in [3.05, 3.63) is 33.8 Å². The zero-order valence-corrected chi connectivity index (χ0v) is 8.61. The Morgan fingerprint density at radius 3 is 2.69 bits per heavy atom. The molecule has 0 aliphatic heterocycles. The highest BCUT2D eigenvalue weighted by Gasteiger charge is 2.00. The molecule has 0 atom stereocenters. The fourth-order valence-electron chi connectivity index (χ4n) is 0.904. The van der Waals surface area contributed by atoms with Crippen LogP contribution in [0, 0.1) is 0 Å². The van der Waals surface area contributed by atoms with Crippen LogP contribution in [0.3, 0.4) is 0 Å². The van der Waals surface area contributed by atoms with Gasteiger partial charge in [0.15, 0.2) is 0 Å². The molecule has 0 radical (unpaired) electrons. The van der Waals surface area contributed by atoms with E-state index >= 15 is 0 Å². The normalized spacial score (nSPS) is 10.4. The van der Waals surface area contributed by atoms with E-state index in [1.54, 1.807) is 12.1 Å². The first-order valence-corrected chi connectivity index (χ1v) is 4.71. The van der Waals surface area contributed by atoms with Gasteiger partial charge in [0.25, 0.3) is 0 Å². The Labute approximate surface area is 87.6 Å². The predicted molar refractivity (Wildman–Crippen MR) is 55.2 cm³/mol. The minimum Gasteiger partial charge on any atom is -0.375 e. The van der Waals surface area contributed by atoms with Gasteiger partial charge in [-0.3, -0.25) is 0 Å². The first-order chi connectivity index (χ1) is 6.24. The molecule has 4 heteroatoms. The second kappa shape index (κ2) is 5.45. The molecule has 0 aliphatic rings. The van der Waals surface area contributed by atoms with E-state index in [9.17, 15) is 0 Å². The average molecular weight is 220 g/mol. The van der Waals surface area contributed by atoms with Gasteiger partial charge in [-0.25, -0.2) is 0 Å². The molecule has 1 aromatic rings. The van der Waals surface area contributed by atoms with Crippen molar-refractivity contribution in [2.24, 2.45) is 5.73 Å². The van der Waals surface area contributed by atoms with Crippen molar-refractivity contribution >= 4 is 23.2 Å². The highest BCUT2D eigenvalue weighted by molar-refractivity contribution is 6.35. The van der Waals surface area contributed by atoms with E-state index < -0.39 is 0 Å². The Balaban J connectivity index is 2.56. The molecular formula is C9H11Cl2NO. The number of rotatable bonds is 4. The molecule has 13 heavy (non-hydrogen) atoms. The van der Waals surface area contributed by atoms with E-state index in [0.29, 0.717) is 29.8 Å². The average Bonchev–Trinajstić information content (AvgIpc) is 2.09. The number of benzene rings is 1. The maximum Gasteiger partial charge on any atom is 0.0731 e. The summed E-state index contributed by atoms with van der Waals surface area (Å²) in [5.74, 6) is 0. The maximum absolute atomic E-state index is 5.91. The molecule has 72 valence electrons. The minimum absolute atomic E-state index is 0.479. The topological polar surface area (TPSA) is 35.2 Å². The molecule has 0 heterocycles. The quantitative estimate of drug-likeness (QED) is 0.791. The van der Waals surface area contributed by atoms with Crippen LogP contribution >= 0.6 is 23.2 Å². The third-order valence-electron chi connectivity index (χ3n) is 1.53. The van der Waals surface area contributed by atoms with E-state index in [4.69, 9.17) is 33.7 Å². The Kier molecular flexibility index (Phi) is 4.53. The van der Waals surface area contributed by atoms with Gasteiger partial charge in [0.1, 0.15) is 0 Å². The Morgan fingerprint density at radius 2 is 2.08 bits per heavy atom. The molecule has 0 saturated heterocycles. The summed E-state index contributed by atoms with van der Waals surface area (Å²) in [5.41, 5.74) is 6.21. The van der Waals surface area contributed by atoms with Crippen LogP contribution < -0.4 is 5.73 Å². The number of hydrogen-bond acceptors (Lipinski definition) is 2. The molecule has 1 aromatic carbocycles. The van der Waals surface area contributed by atoms with Crippen molar-refractivity contribution in [2.45, 2.75) is 6.61 Å². The molecule has 0 fully saturated rings. The van der Waals surface area contributed by atoms with E-state index in [0.717, 1.165) is 5.56 Å². The van der Waals surface area contributed by atoms with Crippen LogP contribution in [0.4, 0.5) is 0 Å². The molecule has 0 aliphatic carbocycles. The summed E-state index contributed by atoms with van der Waals surface area (Å²) < 4.78 is 5.24. The lowest BCUT2D eigenvalue weighted by Gasteiger charge is -2.04. The third-order valence-corrected chi connectivity index (χ3v) is 2.12. The first kappa shape index (κ1) is 10.8. The largest absolute Gasteiger partial charge is 0.375 e. The molecule has 0 aromatic heterocycles. The van der Waals surface area contributed by atoms with Crippen molar-refractivity contribution in [3.63, 3.8) is 0 Å². The highest BCUT2D eigenvalue weighted by Crippen LogP contribution is 2.21. The van der Waals surface area contributed by atoms with Crippen LogP contribution in [-0.4, -0.2) is 13.2 Å². The van der Waals surface area contributed by atoms with Gasteiger partial charge < -0.3 is 10.5 Å². The SMILES string of the molecule is NCCOCc1ccc(Cl)cc1Cl. The Bertz CT molecular complexity index is 278. The van der Waals surface area contributed by atoms with Gasteiger partial charge in [-0.1, -0.05) is 29.3 Å². The fourth-order valence-corrected chi connectivity index (χ4v) is 1.37. The summed E-state index contributed by atoms with van der Waals surface area (Å²) in [6, 6.07) is 5.33. The van der Waals surface area contributed by atoms with Crippen molar-refractivity contribution in [3.8, 4) is 0 Å². The smallest absolute Gasteiger partial charge is 0.0731 e. The van der Waals surface area contributed by atoms with E-state index in [1.807, 2.05) is 6.07 Å². The maximum atomic E-state index is 5.91. The van der Waals surface area contributed by atoms with Crippen molar-refractivity contribution < 1.29 is 4.74 Å². The number of ether oxygens (including phenoxy) is 1. The first-order valence-electron chi connectivity index (χ1n) is 3.96. The van der Waals surface area contributed by atoms with E-state index in [2.05, 4.69) is 0 Å². The lowest BCUT2D eigenvalue weighted by molar-refractivity contribution is 0.128. The summed E-state index contributed by atoms with van der Waals surface area (Å²) in [4.78, 5) is 0. The second-order valence-corrected chi connectivity index (χ2v) is 3.42. The van der Waals surface area contributed by atoms with Gasteiger partial charge in [0, 0.05) is 16.6 Å². The number of halogens is 2. The lowest BCUT2D eigenvalue weighted by atomic mass is 10.2. The van der Waals surface area contributed by atoms with Crippen LogP contribution in [0.2, 0.25) is 10.0 Å². The van der Waals surface area contributed by atoms with Crippen LogP contribution in [0.1, 0.15) is 5.56 Å². The van der Waals surface area contributed by atoms with Gasteiger partial charge in [0.05, 0.1) is 13.2 Å². The van der Waals surface area contributed by atoms with Gasteiger partial charge in [0.2, 0.25) is 0 Å². The zero-order chi connectivity index (χ0) is 9.68. The third kappa shape index (κ3) is 3.53. The van der Waals surface area contributed by atoms with Gasteiger partial charge >= 0.3 is 0 Å². The summed E-state index contributed by atoms with van der Waals surface area (Å²) in [7, 11) is 0. The minimum atomic E-state index is 0.479. The van der Waals surface area contributed by atoms with Crippen LogP contribution in [0.5, 0.6) is 0 Å².